The smallest absolute Gasteiger partial charge is 0.254 e. The molecule has 0 aliphatic rings. The molecule has 3 rings (SSSR count). The first kappa shape index (κ1) is 17.7. The van der Waals surface area contributed by atoms with Crippen LogP contribution in [-0.2, 0) is 0 Å². The molecule has 3 aromatic rings. The fourth-order valence-electron chi connectivity index (χ4n) is 2.71. The molecule has 0 saturated heterocycles. The molecule has 0 radical (unpaired) electrons. The first-order valence-electron chi connectivity index (χ1n) is 8.41. The van der Waals surface area contributed by atoms with E-state index in [0.29, 0.717) is 5.56 Å². The largest absolute Gasteiger partial charge is 0.333 e. The second-order valence-corrected chi connectivity index (χ2v) is 6.25. The zero-order valence-corrected chi connectivity index (χ0v) is 15.3. The van der Waals surface area contributed by atoms with Gasteiger partial charge in [0.15, 0.2) is 0 Å². The van der Waals surface area contributed by atoms with Crippen LogP contribution >= 0.6 is 0 Å². The summed E-state index contributed by atoms with van der Waals surface area (Å²) in [6.45, 7) is 5.79. The molecule has 0 fully saturated rings. The van der Waals surface area contributed by atoms with E-state index in [0.717, 1.165) is 28.3 Å². The van der Waals surface area contributed by atoms with Crippen LogP contribution in [0.15, 0.2) is 49.1 Å². The Bertz CT molecular complexity index is 909. The number of hydrogen-bond acceptors (Lipinski definition) is 5. The monoisotopic (exact) mass is 347 g/mol. The van der Waals surface area contributed by atoms with Gasteiger partial charge < -0.3 is 4.90 Å². The summed E-state index contributed by atoms with van der Waals surface area (Å²) in [6.07, 6.45) is 4.92. The molecule has 6 nitrogen and oxygen atoms in total. The van der Waals surface area contributed by atoms with Gasteiger partial charge >= 0.3 is 0 Å². The van der Waals surface area contributed by atoms with Crippen molar-refractivity contribution < 1.29 is 4.79 Å². The Labute approximate surface area is 153 Å². The minimum atomic E-state index is -0.143. The lowest BCUT2D eigenvalue weighted by atomic mass is 10.1. The van der Waals surface area contributed by atoms with Crippen molar-refractivity contribution in [2.24, 2.45) is 0 Å². The second-order valence-electron chi connectivity index (χ2n) is 6.25. The van der Waals surface area contributed by atoms with E-state index in [1.165, 1.54) is 6.33 Å². The lowest BCUT2D eigenvalue weighted by Gasteiger charge is -2.24. The summed E-state index contributed by atoms with van der Waals surface area (Å²) < 4.78 is 0. The zero-order chi connectivity index (χ0) is 18.7. The molecule has 26 heavy (non-hydrogen) atoms. The van der Waals surface area contributed by atoms with Crippen molar-refractivity contribution in [1.82, 2.24) is 24.8 Å². The lowest BCUT2D eigenvalue weighted by molar-refractivity contribution is 0.0739. The SMILES string of the molecule is Cc1cnc(C)c(-c2ccc(C(=O)N(C)[C@H](C)c3ccncn3)cc2)n1. The number of aromatic nitrogens is 4. The summed E-state index contributed by atoms with van der Waals surface area (Å²) in [5, 5.41) is 0. The molecule has 0 N–H and O–H groups in total. The van der Waals surface area contributed by atoms with Crippen LogP contribution in [-0.4, -0.2) is 37.8 Å². The van der Waals surface area contributed by atoms with Crippen LogP contribution in [0.5, 0.6) is 0 Å². The molecule has 2 heterocycles. The molecular weight excluding hydrogens is 326 g/mol. The van der Waals surface area contributed by atoms with Crippen molar-refractivity contribution in [2.45, 2.75) is 26.8 Å². The fourth-order valence-corrected chi connectivity index (χ4v) is 2.71. The van der Waals surface area contributed by atoms with Crippen LogP contribution in [0, 0.1) is 13.8 Å². The normalized spacial score (nSPS) is 11.8. The maximum atomic E-state index is 12.8. The molecule has 0 aliphatic heterocycles. The van der Waals surface area contributed by atoms with Gasteiger partial charge in [-0.3, -0.25) is 9.78 Å². The number of carbonyl (C=O) groups excluding carboxylic acids is 1. The molecule has 1 aromatic carbocycles. The van der Waals surface area contributed by atoms with Crippen molar-refractivity contribution in [3.05, 3.63) is 71.7 Å². The highest BCUT2D eigenvalue weighted by atomic mass is 16.2. The van der Waals surface area contributed by atoms with Gasteiger partial charge in [0.1, 0.15) is 6.33 Å². The molecule has 0 bridgehead atoms. The average molecular weight is 347 g/mol. The van der Waals surface area contributed by atoms with Gasteiger partial charge in [0, 0.05) is 30.6 Å². The molecule has 0 aliphatic carbocycles. The number of rotatable bonds is 4. The predicted octanol–water partition coefficient (Wildman–Crippen LogP) is 3.38. The number of benzene rings is 1. The van der Waals surface area contributed by atoms with Crippen LogP contribution in [0.1, 0.15) is 40.4 Å². The van der Waals surface area contributed by atoms with E-state index >= 15 is 0 Å². The standard InChI is InChI=1S/C20H21N5O/c1-13-11-22-14(2)19(24-13)16-5-7-17(8-6-16)20(26)25(4)15(3)18-9-10-21-12-23-18/h5-12,15H,1-4H3/t15-/m1/s1. The minimum absolute atomic E-state index is 0.0605. The minimum Gasteiger partial charge on any atom is -0.333 e. The third-order valence-electron chi connectivity index (χ3n) is 4.42. The molecule has 132 valence electrons. The lowest BCUT2D eigenvalue weighted by Crippen LogP contribution is -2.30. The maximum Gasteiger partial charge on any atom is 0.254 e. The molecule has 1 amide bonds. The molecule has 0 saturated carbocycles. The highest BCUT2D eigenvalue weighted by Crippen LogP contribution is 2.23. The zero-order valence-electron chi connectivity index (χ0n) is 15.3. The Morgan fingerprint density at radius 2 is 1.81 bits per heavy atom. The quantitative estimate of drug-likeness (QED) is 0.723. The van der Waals surface area contributed by atoms with Gasteiger partial charge in [-0.25, -0.2) is 15.0 Å². The summed E-state index contributed by atoms with van der Waals surface area (Å²) in [5.41, 5.74) is 4.94. The molecule has 6 heteroatoms. The molecule has 0 unspecified atom stereocenters. The van der Waals surface area contributed by atoms with E-state index in [4.69, 9.17) is 0 Å². The number of nitrogens with zero attached hydrogens (tertiary/aromatic N) is 5. The maximum absolute atomic E-state index is 12.8. The van der Waals surface area contributed by atoms with E-state index in [-0.39, 0.29) is 11.9 Å². The Hall–Kier alpha value is -3.15. The van der Waals surface area contributed by atoms with E-state index in [1.54, 1.807) is 24.3 Å². The number of hydrogen-bond donors (Lipinski definition) is 0. The van der Waals surface area contributed by atoms with Gasteiger partial charge in [-0.2, -0.15) is 0 Å². The van der Waals surface area contributed by atoms with Crippen LogP contribution in [0.25, 0.3) is 11.3 Å². The van der Waals surface area contributed by atoms with Gasteiger partial charge in [-0.1, -0.05) is 12.1 Å². The van der Waals surface area contributed by atoms with Gasteiger partial charge in [-0.05, 0) is 39.0 Å². The topological polar surface area (TPSA) is 71.9 Å². The summed E-state index contributed by atoms with van der Waals surface area (Å²) in [6, 6.07) is 9.14. The van der Waals surface area contributed by atoms with Crippen LogP contribution in [0.3, 0.4) is 0 Å². The molecular formula is C20H21N5O. The van der Waals surface area contributed by atoms with Gasteiger partial charge in [0.25, 0.3) is 5.91 Å². The third-order valence-corrected chi connectivity index (χ3v) is 4.42. The van der Waals surface area contributed by atoms with Crippen LogP contribution in [0.4, 0.5) is 0 Å². The Morgan fingerprint density at radius 3 is 2.46 bits per heavy atom. The van der Waals surface area contributed by atoms with Crippen molar-refractivity contribution in [2.75, 3.05) is 7.05 Å². The van der Waals surface area contributed by atoms with Crippen molar-refractivity contribution in [3.8, 4) is 11.3 Å². The van der Waals surface area contributed by atoms with Gasteiger partial charge in [0.05, 0.1) is 28.8 Å². The summed E-state index contributed by atoms with van der Waals surface area (Å²) in [4.78, 5) is 31.5. The Balaban J connectivity index is 1.82. The fraction of sp³-hybridized carbons (Fsp3) is 0.250. The highest BCUT2D eigenvalue weighted by Gasteiger charge is 2.20. The first-order valence-corrected chi connectivity index (χ1v) is 8.41. The Morgan fingerprint density at radius 1 is 1.08 bits per heavy atom. The Kier molecular flexibility index (Phi) is 5.02. The van der Waals surface area contributed by atoms with Gasteiger partial charge in [0.2, 0.25) is 0 Å². The molecule has 2 aromatic heterocycles. The number of carbonyl (C=O) groups is 1. The molecule has 0 spiro atoms. The number of amides is 1. The first-order chi connectivity index (χ1) is 12.5. The van der Waals surface area contributed by atoms with Crippen LogP contribution < -0.4 is 0 Å². The van der Waals surface area contributed by atoms with E-state index in [9.17, 15) is 4.79 Å². The van der Waals surface area contributed by atoms with Gasteiger partial charge in [-0.15, -0.1) is 0 Å². The van der Waals surface area contributed by atoms with Crippen molar-refractivity contribution in [3.63, 3.8) is 0 Å². The number of aryl methyl sites for hydroxylation is 2. The summed E-state index contributed by atoms with van der Waals surface area (Å²) in [5.74, 6) is -0.0605. The highest BCUT2D eigenvalue weighted by molar-refractivity contribution is 5.94. The van der Waals surface area contributed by atoms with E-state index in [2.05, 4.69) is 19.9 Å². The second kappa shape index (κ2) is 7.39. The van der Waals surface area contributed by atoms with Crippen LogP contribution in [0.2, 0.25) is 0 Å². The van der Waals surface area contributed by atoms with E-state index in [1.807, 2.05) is 51.1 Å². The molecule has 1 atom stereocenters. The predicted molar refractivity (Wildman–Crippen MR) is 99.5 cm³/mol. The third kappa shape index (κ3) is 3.59. The average Bonchev–Trinajstić information content (AvgIpc) is 2.69. The van der Waals surface area contributed by atoms with E-state index < -0.39 is 0 Å². The summed E-state index contributed by atoms with van der Waals surface area (Å²) >= 11 is 0. The van der Waals surface area contributed by atoms with Crippen molar-refractivity contribution in [1.29, 1.82) is 0 Å². The summed E-state index contributed by atoms with van der Waals surface area (Å²) in [7, 11) is 1.78. The van der Waals surface area contributed by atoms with Crippen molar-refractivity contribution >= 4 is 5.91 Å².